The molecule has 0 aliphatic carbocycles. The van der Waals surface area contributed by atoms with E-state index in [9.17, 15) is 4.79 Å². The van der Waals surface area contributed by atoms with Crippen molar-refractivity contribution in [2.24, 2.45) is 0 Å². The zero-order valence-electron chi connectivity index (χ0n) is 12.6. The third-order valence-corrected chi connectivity index (χ3v) is 3.41. The summed E-state index contributed by atoms with van der Waals surface area (Å²) in [6.07, 6.45) is 0.821. The van der Waals surface area contributed by atoms with Gasteiger partial charge in [-0.3, -0.25) is 4.79 Å². The molecule has 112 valence electrons. The van der Waals surface area contributed by atoms with Gasteiger partial charge in [-0.05, 0) is 18.6 Å². The van der Waals surface area contributed by atoms with Crippen molar-refractivity contribution in [2.75, 3.05) is 26.1 Å². The summed E-state index contributed by atoms with van der Waals surface area (Å²) in [4.78, 5) is 17.0. The zero-order chi connectivity index (χ0) is 15.2. The smallest absolute Gasteiger partial charge is 0.252 e. The summed E-state index contributed by atoms with van der Waals surface area (Å²) in [7, 11) is 3.42. The van der Waals surface area contributed by atoms with Gasteiger partial charge in [-0.15, -0.1) is 0 Å². The minimum absolute atomic E-state index is 0.00691. The number of pyridine rings is 1. The minimum atomic E-state index is -0.103. The van der Waals surface area contributed by atoms with E-state index in [1.807, 2.05) is 31.2 Å². The van der Waals surface area contributed by atoms with Crippen molar-refractivity contribution in [3.63, 3.8) is 0 Å². The molecular weight excluding hydrogens is 266 g/mol. The van der Waals surface area contributed by atoms with Crippen molar-refractivity contribution in [3.8, 4) is 0 Å². The van der Waals surface area contributed by atoms with Crippen molar-refractivity contribution in [2.45, 2.75) is 19.4 Å². The van der Waals surface area contributed by atoms with E-state index < -0.39 is 0 Å². The summed E-state index contributed by atoms with van der Waals surface area (Å²) in [6.45, 7) is 2.53. The second kappa shape index (κ2) is 7.04. The van der Waals surface area contributed by atoms with Crippen LogP contribution in [0.25, 0.3) is 10.9 Å². The van der Waals surface area contributed by atoms with E-state index >= 15 is 0 Å². The summed E-state index contributed by atoms with van der Waals surface area (Å²) >= 11 is 0. The zero-order valence-corrected chi connectivity index (χ0v) is 12.6. The van der Waals surface area contributed by atoms with E-state index in [1.165, 1.54) is 0 Å². The molecule has 2 rings (SSSR count). The number of nitrogens with zero attached hydrogens (tertiary/aromatic N) is 1. The van der Waals surface area contributed by atoms with Gasteiger partial charge in [0, 0.05) is 19.5 Å². The second-order valence-electron chi connectivity index (χ2n) is 4.86. The van der Waals surface area contributed by atoms with Crippen LogP contribution in [-0.4, -0.2) is 37.7 Å². The molecule has 1 aromatic carbocycles. The van der Waals surface area contributed by atoms with E-state index in [1.54, 1.807) is 20.2 Å². The van der Waals surface area contributed by atoms with Crippen LogP contribution >= 0.6 is 0 Å². The summed E-state index contributed by atoms with van der Waals surface area (Å²) in [5, 5.41) is 6.85. The SMILES string of the molecule is CCC(COC)NC(=O)c1cc(NC)nc2ccccc12. The van der Waals surface area contributed by atoms with Crippen LogP contribution in [0.4, 0.5) is 5.82 Å². The van der Waals surface area contributed by atoms with Crippen LogP contribution in [0.2, 0.25) is 0 Å². The van der Waals surface area contributed by atoms with E-state index in [4.69, 9.17) is 4.74 Å². The molecule has 0 radical (unpaired) electrons. The van der Waals surface area contributed by atoms with E-state index in [-0.39, 0.29) is 11.9 Å². The number of hydrogen-bond acceptors (Lipinski definition) is 4. The molecule has 0 bridgehead atoms. The predicted octanol–water partition coefficient (Wildman–Crippen LogP) is 2.43. The first-order chi connectivity index (χ1) is 10.2. The van der Waals surface area contributed by atoms with Crippen molar-refractivity contribution in [3.05, 3.63) is 35.9 Å². The molecule has 0 aliphatic rings. The molecule has 1 heterocycles. The molecule has 2 aromatic rings. The molecule has 0 saturated carbocycles. The molecule has 0 aliphatic heterocycles. The number of amides is 1. The quantitative estimate of drug-likeness (QED) is 0.856. The van der Waals surface area contributed by atoms with E-state index in [2.05, 4.69) is 15.6 Å². The largest absolute Gasteiger partial charge is 0.383 e. The van der Waals surface area contributed by atoms with Gasteiger partial charge in [-0.25, -0.2) is 4.98 Å². The molecule has 1 atom stereocenters. The molecule has 1 aromatic heterocycles. The molecule has 2 N–H and O–H groups in total. The fourth-order valence-electron chi connectivity index (χ4n) is 2.22. The summed E-state index contributed by atoms with van der Waals surface area (Å²) in [5.41, 5.74) is 1.42. The number of nitrogens with one attached hydrogen (secondary N) is 2. The molecule has 21 heavy (non-hydrogen) atoms. The molecule has 1 unspecified atom stereocenters. The first kappa shape index (κ1) is 15.3. The van der Waals surface area contributed by atoms with Crippen LogP contribution in [0, 0.1) is 0 Å². The Balaban J connectivity index is 2.37. The maximum Gasteiger partial charge on any atom is 0.252 e. The standard InChI is InChI=1S/C16H21N3O2/c1-4-11(10-21-3)18-16(20)13-9-15(17-2)19-14-8-6-5-7-12(13)14/h5-9,11H,4,10H2,1-3H3,(H,17,19)(H,18,20). The number of benzene rings is 1. The van der Waals surface area contributed by atoms with Crippen molar-refractivity contribution >= 4 is 22.6 Å². The third-order valence-electron chi connectivity index (χ3n) is 3.41. The summed E-state index contributed by atoms with van der Waals surface area (Å²) in [5.74, 6) is 0.577. The molecule has 5 heteroatoms. The fourth-order valence-corrected chi connectivity index (χ4v) is 2.22. The molecule has 0 fully saturated rings. The van der Waals surface area contributed by atoms with E-state index in [0.29, 0.717) is 18.0 Å². The normalized spacial score (nSPS) is 12.1. The van der Waals surface area contributed by atoms with Gasteiger partial charge in [0.25, 0.3) is 5.91 Å². The number of fused-ring (bicyclic) bond motifs is 1. The molecule has 0 spiro atoms. The average Bonchev–Trinajstić information content (AvgIpc) is 2.53. The molecule has 5 nitrogen and oxygen atoms in total. The lowest BCUT2D eigenvalue weighted by Crippen LogP contribution is -2.37. The Morgan fingerprint density at radius 3 is 2.81 bits per heavy atom. The van der Waals surface area contributed by atoms with Gasteiger partial charge in [0.2, 0.25) is 0 Å². The summed E-state index contributed by atoms with van der Waals surface area (Å²) < 4.78 is 5.12. The fraction of sp³-hybridized carbons (Fsp3) is 0.375. The van der Waals surface area contributed by atoms with Crippen molar-refractivity contribution in [1.82, 2.24) is 10.3 Å². The Labute approximate surface area is 124 Å². The highest BCUT2D eigenvalue weighted by molar-refractivity contribution is 6.07. The maximum absolute atomic E-state index is 12.5. The van der Waals surface area contributed by atoms with Crippen molar-refractivity contribution < 1.29 is 9.53 Å². The Kier molecular flexibility index (Phi) is 5.11. The van der Waals surface area contributed by atoms with Gasteiger partial charge < -0.3 is 15.4 Å². The highest BCUT2D eigenvalue weighted by Gasteiger charge is 2.16. The predicted molar refractivity (Wildman–Crippen MR) is 84.7 cm³/mol. The molecule has 0 saturated heterocycles. The third kappa shape index (κ3) is 3.49. The number of rotatable bonds is 6. The lowest BCUT2D eigenvalue weighted by atomic mass is 10.1. The minimum Gasteiger partial charge on any atom is -0.383 e. The van der Waals surface area contributed by atoms with Gasteiger partial charge >= 0.3 is 0 Å². The Hall–Kier alpha value is -2.14. The van der Waals surface area contributed by atoms with Gasteiger partial charge in [-0.2, -0.15) is 0 Å². The number of ether oxygens (including phenoxy) is 1. The first-order valence-corrected chi connectivity index (χ1v) is 7.07. The van der Waals surface area contributed by atoms with E-state index in [0.717, 1.165) is 17.3 Å². The number of methoxy groups -OCH3 is 1. The van der Waals surface area contributed by atoms with Crippen LogP contribution in [0.5, 0.6) is 0 Å². The van der Waals surface area contributed by atoms with Gasteiger partial charge in [0.15, 0.2) is 0 Å². The van der Waals surface area contributed by atoms with Crippen LogP contribution in [0.1, 0.15) is 23.7 Å². The number of anilines is 1. The van der Waals surface area contributed by atoms with Crippen LogP contribution in [-0.2, 0) is 4.74 Å². The number of para-hydroxylation sites is 1. The second-order valence-corrected chi connectivity index (χ2v) is 4.86. The number of carbonyl (C=O) groups is 1. The first-order valence-electron chi connectivity index (χ1n) is 7.07. The van der Waals surface area contributed by atoms with Gasteiger partial charge in [0.05, 0.1) is 23.7 Å². The lowest BCUT2D eigenvalue weighted by molar-refractivity contribution is 0.0896. The Morgan fingerprint density at radius 2 is 2.14 bits per heavy atom. The monoisotopic (exact) mass is 287 g/mol. The van der Waals surface area contributed by atoms with Crippen LogP contribution in [0.3, 0.4) is 0 Å². The molecular formula is C16H21N3O2. The summed E-state index contributed by atoms with van der Waals surface area (Å²) in [6, 6.07) is 9.42. The van der Waals surface area contributed by atoms with Gasteiger partial charge in [0.1, 0.15) is 5.82 Å². The highest BCUT2D eigenvalue weighted by atomic mass is 16.5. The lowest BCUT2D eigenvalue weighted by Gasteiger charge is -2.17. The topological polar surface area (TPSA) is 63.2 Å². The highest BCUT2D eigenvalue weighted by Crippen LogP contribution is 2.20. The van der Waals surface area contributed by atoms with Crippen LogP contribution < -0.4 is 10.6 Å². The average molecular weight is 287 g/mol. The Bertz CT molecular complexity index is 628. The van der Waals surface area contributed by atoms with Gasteiger partial charge in [-0.1, -0.05) is 25.1 Å². The number of hydrogen-bond donors (Lipinski definition) is 2. The number of aromatic nitrogens is 1. The van der Waals surface area contributed by atoms with Crippen molar-refractivity contribution in [1.29, 1.82) is 0 Å². The number of carbonyl (C=O) groups excluding carboxylic acids is 1. The molecule has 1 amide bonds. The maximum atomic E-state index is 12.5. The van der Waals surface area contributed by atoms with Crippen LogP contribution in [0.15, 0.2) is 30.3 Å². The Morgan fingerprint density at radius 1 is 1.38 bits per heavy atom.